The lowest BCUT2D eigenvalue weighted by molar-refractivity contribution is 0.0982. The smallest absolute Gasteiger partial charge is 0.196 e. The third-order valence-corrected chi connectivity index (χ3v) is 2.07. The van der Waals surface area contributed by atoms with E-state index in [9.17, 15) is 4.79 Å². The molecule has 0 aliphatic rings. The second-order valence-corrected chi connectivity index (χ2v) is 3.20. The third-order valence-electron chi connectivity index (χ3n) is 2.07. The van der Waals surface area contributed by atoms with Crippen LogP contribution in [0.4, 0.5) is 0 Å². The first-order chi connectivity index (χ1) is 6.74. The second-order valence-electron chi connectivity index (χ2n) is 3.20. The molecular weight excluding hydrogens is 178 g/mol. The van der Waals surface area contributed by atoms with E-state index in [1.54, 1.807) is 6.20 Å². The zero-order valence-electron chi connectivity index (χ0n) is 8.53. The Labute approximate surface area is 83.8 Å². The number of Topliss-reactive ketones (excluding diaryl/α,β-unsaturated/α-hetero) is 1. The van der Waals surface area contributed by atoms with Crippen molar-refractivity contribution in [1.29, 1.82) is 0 Å². The number of ketones is 1. The molecule has 1 aromatic rings. The molecule has 0 aliphatic heterocycles. The molecule has 14 heavy (non-hydrogen) atoms. The molecule has 1 heterocycles. The van der Waals surface area contributed by atoms with Crippen LogP contribution in [0.1, 0.15) is 30.8 Å². The topological polar surface area (TPSA) is 54.9 Å². The van der Waals surface area contributed by atoms with Gasteiger partial charge in [0.05, 0.1) is 12.7 Å². The zero-order valence-corrected chi connectivity index (χ0v) is 8.53. The third kappa shape index (κ3) is 3.22. The molecule has 0 radical (unpaired) electrons. The molecule has 1 atom stereocenters. The van der Waals surface area contributed by atoms with Gasteiger partial charge in [0.1, 0.15) is 5.69 Å². The maximum Gasteiger partial charge on any atom is 0.196 e. The SMILES string of the molecule is CCC(C)NCC(=O)c1cnccn1. The number of hydrogen-bond donors (Lipinski definition) is 1. The Hall–Kier alpha value is -1.29. The van der Waals surface area contributed by atoms with Gasteiger partial charge in [0.25, 0.3) is 0 Å². The van der Waals surface area contributed by atoms with Crippen molar-refractivity contribution < 1.29 is 4.79 Å². The van der Waals surface area contributed by atoms with Crippen molar-refractivity contribution in [2.45, 2.75) is 26.3 Å². The van der Waals surface area contributed by atoms with Gasteiger partial charge in [-0.2, -0.15) is 0 Å². The van der Waals surface area contributed by atoms with Crippen molar-refractivity contribution in [2.24, 2.45) is 0 Å². The Balaban J connectivity index is 2.44. The number of carbonyl (C=O) groups is 1. The maximum absolute atomic E-state index is 11.5. The summed E-state index contributed by atoms with van der Waals surface area (Å²) < 4.78 is 0. The number of aromatic nitrogens is 2. The monoisotopic (exact) mass is 193 g/mol. The summed E-state index contributed by atoms with van der Waals surface area (Å²) in [5, 5.41) is 3.11. The second kappa shape index (κ2) is 5.44. The first-order valence-electron chi connectivity index (χ1n) is 4.76. The zero-order chi connectivity index (χ0) is 10.4. The normalized spacial score (nSPS) is 12.4. The predicted octanol–water partition coefficient (Wildman–Crippen LogP) is 1.05. The van der Waals surface area contributed by atoms with Crippen LogP contribution in [0.25, 0.3) is 0 Å². The minimum absolute atomic E-state index is 0.0154. The Morgan fingerprint density at radius 2 is 2.36 bits per heavy atom. The highest BCUT2D eigenvalue weighted by molar-refractivity contribution is 5.95. The van der Waals surface area contributed by atoms with Gasteiger partial charge in [-0.05, 0) is 13.3 Å². The Morgan fingerprint density at radius 1 is 1.57 bits per heavy atom. The molecular formula is C10H15N3O. The summed E-state index contributed by atoms with van der Waals surface area (Å²) >= 11 is 0. The maximum atomic E-state index is 11.5. The van der Waals surface area contributed by atoms with E-state index in [0.717, 1.165) is 6.42 Å². The number of rotatable bonds is 5. The van der Waals surface area contributed by atoms with Crippen molar-refractivity contribution in [3.05, 3.63) is 24.3 Å². The van der Waals surface area contributed by atoms with Gasteiger partial charge < -0.3 is 5.32 Å². The summed E-state index contributed by atoms with van der Waals surface area (Å²) in [4.78, 5) is 19.3. The minimum Gasteiger partial charge on any atom is -0.307 e. The van der Waals surface area contributed by atoms with Crippen LogP contribution in [0.3, 0.4) is 0 Å². The van der Waals surface area contributed by atoms with Crippen LogP contribution in [-0.2, 0) is 0 Å². The Kier molecular flexibility index (Phi) is 4.19. The first-order valence-corrected chi connectivity index (χ1v) is 4.76. The molecule has 0 spiro atoms. The molecule has 0 bridgehead atoms. The van der Waals surface area contributed by atoms with Crippen LogP contribution in [0.15, 0.2) is 18.6 Å². The van der Waals surface area contributed by atoms with Crippen LogP contribution >= 0.6 is 0 Å². The standard InChI is InChI=1S/C10H15N3O/c1-3-8(2)13-7-10(14)9-6-11-4-5-12-9/h4-6,8,13H,3,7H2,1-2H3. The summed E-state index contributed by atoms with van der Waals surface area (Å²) in [5.41, 5.74) is 0.420. The van der Waals surface area contributed by atoms with Gasteiger partial charge in [-0.3, -0.25) is 9.78 Å². The number of nitrogens with one attached hydrogen (secondary N) is 1. The lowest BCUT2D eigenvalue weighted by Gasteiger charge is -2.09. The molecule has 76 valence electrons. The van der Waals surface area contributed by atoms with Crippen molar-refractivity contribution in [2.75, 3.05) is 6.54 Å². The highest BCUT2D eigenvalue weighted by Gasteiger charge is 2.07. The fourth-order valence-corrected chi connectivity index (χ4v) is 0.945. The van der Waals surface area contributed by atoms with Gasteiger partial charge in [0, 0.05) is 18.4 Å². The summed E-state index contributed by atoms with van der Waals surface area (Å²) in [6.45, 7) is 4.45. The highest BCUT2D eigenvalue weighted by atomic mass is 16.1. The van der Waals surface area contributed by atoms with Crippen molar-refractivity contribution in [3.63, 3.8) is 0 Å². The van der Waals surface area contributed by atoms with Gasteiger partial charge >= 0.3 is 0 Å². The molecule has 0 fully saturated rings. The molecule has 1 unspecified atom stereocenters. The first kappa shape index (κ1) is 10.8. The fourth-order valence-electron chi connectivity index (χ4n) is 0.945. The van der Waals surface area contributed by atoms with E-state index in [0.29, 0.717) is 18.3 Å². The Bertz CT molecular complexity index is 287. The van der Waals surface area contributed by atoms with Crippen LogP contribution in [-0.4, -0.2) is 28.3 Å². The van der Waals surface area contributed by atoms with E-state index in [1.807, 2.05) is 6.92 Å². The lowest BCUT2D eigenvalue weighted by Crippen LogP contribution is -2.31. The predicted molar refractivity (Wildman–Crippen MR) is 54.1 cm³/mol. The average Bonchev–Trinajstić information content (AvgIpc) is 2.26. The van der Waals surface area contributed by atoms with E-state index in [-0.39, 0.29) is 5.78 Å². The number of carbonyl (C=O) groups excluding carboxylic acids is 1. The molecule has 0 aromatic carbocycles. The largest absolute Gasteiger partial charge is 0.307 e. The molecule has 0 saturated heterocycles. The average molecular weight is 193 g/mol. The summed E-state index contributed by atoms with van der Waals surface area (Å²) in [5.74, 6) is -0.0154. The van der Waals surface area contributed by atoms with Crippen LogP contribution in [0.5, 0.6) is 0 Å². The van der Waals surface area contributed by atoms with Gasteiger partial charge in [-0.15, -0.1) is 0 Å². The Morgan fingerprint density at radius 3 is 2.93 bits per heavy atom. The van der Waals surface area contributed by atoms with Gasteiger partial charge in [0.2, 0.25) is 0 Å². The van der Waals surface area contributed by atoms with Crippen LogP contribution in [0, 0.1) is 0 Å². The fraction of sp³-hybridized carbons (Fsp3) is 0.500. The van der Waals surface area contributed by atoms with E-state index >= 15 is 0 Å². The number of hydrogen-bond acceptors (Lipinski definition) is 4. The number of nitrogens with zero attached hydrogens (tertiary/aromatic N) is 2. The molecule has 1 aromatic heterocycles. The van der Waals surface area contributed by atoms with E-state index in [1.165, 1.54) is 12.4 Å². The van der Waals surface area contributed by atoms with Crippen LogP contribution < -0.4 is 5.32 Å². The summed E-state index contributed by atoms with van der Waals surface area (Å²) in [6.07, 6.45) is 5.57. The molecule has 0 aliphatic carbocycles. The van der Waals surface area contributed by atoms with E-state index in [4.69, 9.17) is 0 Å². The van der Waals surface area contributed by atoms with Gasteiger partial charge in [-0.1, -0.05) is 6.92 Å². The minimum atomic E-state index is -0.0154. The van der Waals surface area contributed by atoms with Gasteiger partial charge in [-0.25, -0.2) is 4.98 Å². The summed E-state index contributed by atoms with van der Waals surface area (Å²) in [6, 6.07) is 0.357. The molecule has 1 rings (SSSR count). The van der Waals surface area contributed by atoms with Gasteiger partial charge in [0.15, 0.2) is 5.78 Å². The van der Waals surface area contributed by atoms with Crippen molar-refractivity contribution >= 4 is 5.78 Å². The quantitative estimate of drug-likeness (QED) is 0.710. The highest BCUT2D eigenvalue weighted by Crippen LogP contribution is 1.93. The van der Waals surface area contributed by atoms with E-state index in [2.05, 4.69) is 22.2 Å². The molecule has 4 heteroatoms. The molecule has 0 saturated carbocycles. The van der Waals surface area contributed by atoms with E-state index < -0.39 is 0 Å². The molecule has 4 nitrogen and oxygen atoms in total. The lowest BCUT2D eigenvalue weighted by atomic mass is 10.2. The summed E-state index contributed by atoms with van der Waals surface area (Å²) in [7, 11) is 0. The molecule has 1 N–H and O–H groups in total. The van der Waals surface area contributed by atoms with Crippen molar-refractivity contribution in [3.8, 4) is 0 Å². The molecule has 0 amide bonds. The van der Waals surface area contributed by atoms with Crippen LogP contribution in [0.2, 0.25) is 0 Å². The van der Waals surface area contributed by atoms with Crippen molar-refractivity contribution in [1.82, 2.24) is 15.3 Å².